The van der Waals surface area contributed by atoms with Crippen LogP contribution in [-0.2, 0) is 6.42 Å². The molecule has 2 heterocycles. The largest absolute Gasteiger partial charge is 0.509 e. The standard InChI is InChI=1S/C21H18N4O2/c22-12-16(20-23-17-9-3-2-8-15(17)21(27)24-20)19(26)13-25-11-5-7-14-6-1-4-10-18(14)25/h1-4,6,8-10,26H,5,7,11,13H2,(H,23,24,27)/b19-16-. The van der Waals surface area contributed by atoms with E-state index in [9.17, 15) is 15.2 Å². The summed E-state index contributed by atoms with van der Waals surface area (Å²) in [6.45, 7) is 0.984. The molecule has 2 aromatic carbocycles. The van der Waals surface area contributed by atoms with Crippen LogP contribution in [0.5, 0.6) is 0 Å². The van der Waals surface area contributed by atoms with Gasteiger partial charge in [-0.2, -0.15) is 5.26 Å². The zero-order chi connectivity index (χ0) is 18.8. The number of aryl methyl sites for hydroxylation is 1. The molecule has 0 spiro atoms. The first kappa shape index (κ1) is 16.9. The van der Waals surface area contributed by atoms with Crippen molar-refractivity contribution in [1.82, 2.24) is 9.97 Å². The van der Waals surface area contributed by atoms with Gasteiger partial charge in [0.2, 0.25) is 0 Å². The number of anilines is 1. The molecular weight excluding hydrogens is 340 g/mol. The molecule has 1 aromatic heterocycles. The molecule has 134 valence electrons. The second kappa shape index (κ2) is 6.96. The summed E-state index contributed by atoms with van der Waals surface area (Å²) in [6, 6.07) is 17.0. The number of fused-ring (bicyclic) bond motifs is 2. The SMILES string of the molecule is N#C/C(=C(/O)CN1CCCc2ccccc21)c1nc2ccccc2c(=O)[nH]1. The van der Waals surface area contributed by atoms with Gasteiger partial charge in [0.15, 0.2) is 5.82 Å². The number of nitrogens with zero attached hydrogens (tertiary/aromatic N) is 3. The maximum atomic E-state index is 12.3. The maximum absolute atomic E-state index is 12.3. The van der Waals surface area contributed by atoms with Crippen LogP contribution in [0.1, 0.15) is 17.8 Å². The molecule has 4 rings (SSSR count). The summed E-state index contributed by atoms with van der Waals surface area (Å²) < 4.78 is 0. The Balaban J connectivity index is 1.73. The van der Waals surface area contributed by atoms with Gasteiger partial charge in [-0.15, -0.1) is 0 Å². The first-order valence-electron chi connectivity index (χ1n) is 8.82. The molecule has 2 N–H and O–H groups in total. The van der Waals surface area contributed by atoms with E-state index in [1.54, 1.807) is 24.3 Å². The molecule has 0 radical (unpaired) electrons. The Hall–Kier alpha value is -3.59. The highest BCUT2D eigenvalue weighted by molar-refractivity contribution is 5.82. The number of nitrogens with one attached hydrogen (secondary N) is 1. The van der Waals surface area contributed by atoms with Gasteiger partial charge in [0, 0.05) is 12.2 Å². The zero-order valence-electron chi connectivity index (χ0n) is 14.6. The highest BCUT2D eigenvalue weighted by Gasteiger charge is 2.20. The van der Waals surface area contributed by atoms with Crippen LogP contribution >= 0.6 is 0 Å². The molecule has 1 aliphatic heterocycles. The third-order valence-electron chi connectivity index (χ3n) is 4.80. The number of aromatic nitrogens is 2. The Labute approximate surface area is 156 Å². The second-order valence-corrected chi connectivity index (χ2v) is 6.52. The number of para-hydroxylation sites is 2. The summed E-state index contributed by atoms with van der Waals surface area (Å²) in [7, 11) is 0. The molecule has 0 bridgehead atoms. The van der Waals surface area contributed by atoms with Gasteiger partial charge in [-0.25, -0.2) is 4.98 Å². The van der Waals surface area contributed by atoms with Crippen LogP contribution < -0.4 is 10.5 Å². The third-order valence-corrected chi connectivity index (χ3v) is 4.80. The minimum absolute atomic E-state index is 0.0130. The van der Waals surface area contributed by atoms with Crippen molar-refractivity contribution in [2.75, 3.05) is 18.0 Å². The van der Waals surface area contributed by atoms with E-state index in [-0.39, 0.29) is 29.3 Å². The van der Waals surface area contributed by atoms with Gasteiger partial charge in [-0.3, -0.25) is 4.79 Å². The Morgan fingerprint density at radius 3 is 2.85 bits per heavy atom. The summed E-state index contributed by atoms with van der Waals surface area (Å²) >= 11 is 0. The third kappa shape index (κ3) is 3.15. The fraction of sp³-hybridized carbons (Fsp3) is 0.190. The van der Waals surface area contributed by atoms with E-state index in [0.717, 1.165) is 25.1 Å². The normalized spacial score (nSPS) is 14.4. The second-order valence-electron chi connectivity index (χ2n) is 6.52. The van der Waals surface area contributed by atoms with E-state index in [0.29, 0.717) is 10.9 Å². The molecule has 0 saturated carbocycles. The van der Waals surface area contributed by atoms with E-state index in [1.807, 2.05) is 29.2 Å². The monoisotopic (exact) mass is 358 g/mol. The average molecular weight is 358 g/mol. The first-order chi connectivity index (χ1) is 13.2. The van der Waals surface area contributed by atoms with Crippen molar-refractivity contribution in [2.45, 2.75) is 12.8 Å². The van der Waals surface area contributed by atoms with Gasteiger partial charge < -0.3 is 15.0 Å². The van der Waals surface area contributed by atoms with Crippen molar-refractivity contribution < 1.29 is 5.11 Å². The summed E-state index contributed by atoms with van der Waals surface area (Å²) in [5.74, 6) is -0.0170. The van der Waals surface area contributed by atoms with Crippen LogP contribution in [0.15, 0.2) is 59.1 Å². The van der Waals surface area contributed by atoms with E-state index < -0.39 is 0 Å². The van der Waals surface area contributed by atoms with Crippen LogP contribution in [0.25, 0.3) is 16.5 Å². The van der Waals surface area contributed by atoms with E-state index in [1.165, 1.54) is 5.56 Å². The average Bonchev–Trinajstić information content (AvgIpc) is 2.69. The molecule has 0 unspecified atom stereocenters. The van der Waals surface area contributed by atoms with Crippen molar-refractivity contribution in [3.63, 3.8) is 0 Å². The first-order valence-corrected chi connectivity index (χ1v) is 8.82. The summed E-state index contributed by atoms with van der Waals surface area (Å²) in [5, 5.41) is 20.7. The summed E-state index contributed by atoms with van der Waals surface area (Å²) in [4.78, 5) is 21.3. The molecule has 3 aromatic rings. The van der Waals surface area contributed by atoms with Crippen molar-refractivity contribution in [3.8, 4) is 6.07 Å². The lowest BCUT2D eigenvalue weighted by atomic mass is 10.0. The highest BCUT2D eigenvalue weighted by atomic mass is 16.3. The smallest absolute Gasteiger partial charge is 0.259 e. The molecule has 0 fully saturated rings. The number of allylic oxidation sites excluding steroid dienone is 1. The van der Waals surface area contributed by atoms with E-state index in [2.05, 4.69) is 16.0 Å². The van der Waals surface area contributed by atoms with Crippen LogP contribution in [0.3, 0.4) is 0 Å². The Morgan fingerprint density at radius 1 is 1.22 bits per heavy atom. The fourth-order valence-corrected chi connectivity index (χ4v) is 3.49. The van der Waals surface area contributed by atoms with E-state index >= 15 is 0 Å². The quantitative estimate of drug-likeness (QED) is 0.554. The predicted octanol–water partition coefficient (Wildman–Crippen LogP) is 3.17. The molecule has 0 amide bonds. The van der Waals surface area contributed by atoms with Gasteiger partial charge in [0.25, 0.3) is 5.56 Å². The van der Waals surface area contributed by atoms with Crippen LogP contribution in [0, 0.1) is 11.3 Å². The molecule has 6 nitrogen and oxygen atoms in total. The number of nitriles is 1. The zero-order valence-corrected chi connectivity index (χ0v) is 14.6. The minimum Gasteiger partial charge on any atom is -0.509 e. The number of aromatic amines is 1. The number of hydrogen-bond acceptors (Lipinski definition) is 5. The maximum Gasteiger partial charge on any atom is 0.259 e. The van der Waals surface area contributed by atoms with Crippen LogP contribution in [0.2, 0.25) is 0 Å². The molecular formula is C21H18N4O2. The van der Waals surface area contributed by atoms with Gasteiger partial charge in [-0.05, 0) is 36.6 Å². The Bertz CT molecular complexity index is 1140. The van der Waals surface area contributed by atoms with Crippen molar-refractivity contribution in [2.24, 2.45) is 0 Å². The molecule has 6 heteroatoms. The highest BCUT2D eigenvalue weighted by Crippen LogP contribution is 2.28. The number of H-pyrrole nitrogens is 1. The lowest BCUT2D eigenvalue weighted by Crippen LogP contribution is -2.31. The van der Waals surface area contributed by atoms with Crippen molar-refractivity contribution in [3.05, 3.63) is 76.0 Å². The van der Waals surface area contributed by atoms with Crippen LogP contribution in [0.4, 0.5) is 5.69 Å². The Morgan fingerprint density at radius 2 is 2.00 bits per heavy atom. The molecule has 0 aliphatic carbocycles. The molecule has 0 saturated heterocycles. The molecule has 0 atom stereocenters. The topological polar surface area (TPSA) is 93.0 Å². The Kier molecular flexibility index (Phi) is 4.35. The fourth-order valence-electron chi connectivity index (χ4n) is 3.49. The van der Waals surface area contributed by atoms with Crippen LogP contribution in [-0.4, -0.2) is 28.2 Å². The lowest BCUT2D eigenvalue weighted by molar-refractivity contribution is 0.400. The van der Waals surface area contributed by atoms with Gasteiger partial charge >= 0.3 is 0 Å². The van der Waals surface area contributed by atoms with Gasteiger partial charge in [0.05, 0.1) is 17.4 Å². The predicted molar refractivity (Wildman–Crippen MR) is 105 cm³/mol. The van der Waals surface area contributed by atoms with Gasteiger partial charge in [0.1, 0.15) is 17.4 Å². The molecule has 1 aliphatic rings. The van der Waals surface area contributed by atoms with E-state index in [4.69, 9.17) is 0 Å². The number of rotatable bonds is 3. The lowest BCUT2D eigenvalue weighted by Gasteiger charge is -2.31. The summed E-state index contributed by atoms with van der Waals surface area (Å²) in [5.41, 5.74) is 2.43. The number of hydrogen-bond donors (Lipinski definition) is 2. The molecule has 27 heavy (non-hydrogen) atoms. The van der Waals surface area contributed by atoms with Gasteiger partial charge in [-0.1, -0.05) is 30.3 Å². The number of aliphatic hydroxyl groups is 1. The number of benzene rings is 2. The van der Waals surface area contributed by atoms with Crippen molar-refractivity contribution in [1.29, 1.82) is 5.26 Å². The number of aliphatic hydroxyl groups excluding tert-OH is 1. The minimum atomic E-state index is -0.334. The summed E-state index contributed by atoms with van der Waals surface area (Å²) in [6.07, 6.45) is 1.99. The van der Waals surface area contributed by atoms with Crippen molar-refractivity contribution >= 4 is 22.2 Å².